The van der Waals surface area contributed by atoms with Crippen LogP contribution in [0.25, 0.3) is 0 Å². The van der Waals surface area contributed by atoms with E-state index in [-0.39, 0.29) is 11.5 Å². The predicted molar refractivity (Wildman–Crippen MR) is 84.6 cm³/mol. The van der Waals surface area contributed by atoms with Crippen LogP contribution in [0.1, 0.15) is 25.1 Å². The zero-order valence-electron chi connectivity index (χ0n) is 12.5. The third-order valence-electron chi connectivity index (χ3n) is 3.87. The van der Waals surface area contributed by atoms with E-state index < -0.39 is 0 Å². The first-order chi connectivity index (χ1) is 10.2. The van der Waals surface area contributed by atoms with Gasteiger partial charge in [0.2, 0.25) is 0 Å². The summed E-state index contributed by atoms with van der Waals surface area (Å²) in [6.45, 7) is 4.87. The van der Waals surface area contributed by atoms with Crippen LogP contribution in [-0.2, 0) is 16.6 Å². The van der Waals surface area contributed by atoms with Gasteiger partial charge in [0.05, 0.1) is 17.2 Å². The van der Waals surface area contributed by atoms with Crippen molar-refractivity contribution in [2.45, 2.75) is 31.7 Å². The Morgan fingerprint density at radius 1 is 1.10 bits per heavy atom. The second-order valence-electron chi connectivity index (χ2n) is 5.93. The van der Waals surface area contributed by atoms with Gasteiger partial charge in [0.1, 0.15) is 6.61 Å². The third kappa shape index (κ3) is 2.97. The van der Waals surface area contributed by atoms with Gasteiger partial charge in [0.15, 0.2) is 5.90 Å². The molecule has 1 aromatic carbocycles. The summed E-state index contributed by atoms with van der Waals surface area (Å²) >= 11 is 0. The first kappa shape index (κ1) is 13.8. The Morgan fingerprint density at radius 2 is 1.86 bits per heavy atom. The van der Waals surface area contributed by atoms with E-state index in [1.54, 1.807) is 0 Å². The lowest BCUT2D eigenvalue weighted by atomic mass is 9.88. The van der Waals surface area contributed by atoms with Crippen molar-refractivity contribution >= 4 is 5.90 Å². The van der Waals surface area contributed by atoms with Crippen LogP contribution in [0, 0.1) is 0 Å². The molecule has 1 aliphatic heterocycles. The maximum absolute atomic E-state index is 5.87. The number of aromatic nitrogens is 1. The zero-order chi connectivity index (χ0) is 14.7. The molecule has 3 nitrogen and oxygen atoms in total. The van der Waals surface area contributed by atoms with Crippen LogP contribution >= 0.6 is 0 Å². The molecule has 0 N–H and O–H groups in total. The van der Waals surface area contributed by atoms with E-state index in [0.29, 0.717) is 6.61 Å². The molecule has 1 aromatic heterocycles. The van der Waals surface area contributed by atoms with E-state index in [9.17, 15) is 0 Å². The first-order valence-corrected chi connectivity index (χ1v) is 7.33. The largest absolute Gasteiger partial charge is 0.478 e. The van der Waals surface area contributed by atoms with Gasteiger partial charge >= 0.3 is 0 Å². The number of rotatable bonds is 4. The molecule has 0 spiro atoms. The van der Waals surface area contributed by atoms with Crippen molar-refractivity contribution in [3.8, 4) is 0 Å². The summed E-state index contributed by atoms with van der Waals surface area (Å²) in [6, 6.07) is 16.6. The highest BCUT2D eigenvalue weighted by Crippen LogP contribution is 2.27. The minimum absolute atomic E-state index is 0.199. The summed E-state index contributed by atoms with van der Waals surface area (Å²) in [7, 11) is 0. The Labute approximate surface area is 125 Å². The second kappa shape index (κ2) is 5.68. The highest BCUT2D eigenvalue weighted by Gasteiger charge is 2.34. The molecule has 0 bridgehead atoms. The Balaban J connectivity index is 1.76. The molecule has 3 heteroatoms. The monoisotopic (exact) mass is 280 g/mol. The minimum atomic E-state index is -0.285. The maximum atomic E-state index is 5.87. The van der Waals surface area contributed by atoms with E-state index in [0.717, 1.165) is 18.0 Å². The highest BCUT2D eigenvalue weighted by atomic mass is 16.5. The molecule has 108 valence electrons. The van der Waals surface area contributed by atoms with Crippen molar-refractivity contribution in [1.29, 1.82) is 0 Å². The summed E-state index contributed by atoms with van der Waals surface area (Å²) in [4.78, 5) is 9.23. The van der Waals surface area contributed by atoms with Crippen molar-refractivity contribution in [2.75, 3.05) is 6.61 Å². The number of aliphatic imine (C=N–C) groups is 1. The van der Waals surface area contributed by atoms with Crippen LogP contribution in [0.15, 0.2) is 59.7 Å². The SMILES string of the molecule is CC(C)(C1=NC(Cc2ccccc2)CO1)c1ccccn1. The number of hydrogen-bond acceptors (Lipinski definition) is 3. The highest BCUT2D eigenvalue weighted by molar-refractivity contribution is 5.88. The maximum Gasteiger partial charge on any atom is 0.195 e. The number of pyridine rings is 1. The molecule has 2 heterocycles. The molecule has 0 fully saturated rings. The van der Waals surface area contributed by atoms with Gasteiger partial charge in [-0.1, -0.05) is 36.4 Å². The standard InChI is InChI=1S/C18H20N2O/c1-18(2,16-10-6-7-11-19-16)17-20-15(13-21-17)12-14-8-4-3-5-9-14/h3-11,15H,12-13H2,1-2H3. The van der Waals surface area contributed by atoms with Gasteiger partial charge in [-0.15, -0.1) is 0 Å². The first-order valence-electron chi connectivity index (χ1n) is 7.33. The predicted octanol–water partition coefficient (Wildman–Crippen LogP) is 3.40. The summed E-state index contributed by atoms with van der Waals surface area (Å²) in [5.41, 5.74) is 2.00. The molecular formula is C18H20N2O. The van der Waals surface area contributed by atoms with Gasteiger partial charge in [-0.2, -0.15) is 0 Å². The third-order valence-corrected chi connectivity index (χ3v) is 3.87. The van der Waals surface area contributed by atoms with E-state index in [2.05, 4.69) is 43.1 Å². The van der Waals surface area contributed by atoms with Crippen molar-refractivity contribution in [3.63, 3.8) is 0 Å². The van der Waals surface area contributed by atoms with Crippen LogP contribution in [0.4, 0.5) is 0 Å². The molecule has 1 atom stereocenters. The molecule has 0 saturated carbocycles. The van der Waals surface area contributed by atoms with Gasteiger partial charge in [-0.05, 0) is 38.0 Å². The zero-order valence-corrected chi connectivity index (χ0v) is 12.5. The van der Waals surface area contributed by atoms with Crippen molar-refractivity contribution in [1.82, 2.24) is 4.98 Å². The molecule has 21 heavy (non-hydrogen) atoms. The lowest BCUT2D eigenvalue weighted by molar-refractivity contribution is 0.293. The Morgan fingerprint density at radius 3 is 2.57 bits per heavy atom. The van der Waals surface area contributed by atoms with Gasteiger partial charge in [0.25, 0.3) is 0 Å². The van der Waals surface area contributed by atoms with Crippen LogP contribution < -0.4 is 0 Å². The molecule has 1 aliphatic rings. The van der Waals surface area contributed by atoms with Crippen LogP contribution in [0.2, 0.25) is 0 Å². The van der Waals surface area contributed by atoms with Crippen LogP contribution in [0.3, 0.4) is 0 Å². The molecule has 2 aromatic rings. The fourth-order valence-electron chi connectivity index (χ4n) is 2.59. The average Bonchev–Trinajstić information content (AvgIpc) is 2.98. The summed E-state index contributed by atoms with van der Waals surface area (Å²) < 4.78 is 5.87. The normalized spacial score (nSPS) is 18.2. The Bertz CT molecular complexity index is 620. The van der Waals surface area contributed by atoms with Gasteiger partial charge in [-0.3, -0.25) is 4.98 Å². The number of hydrogen-bond donors (Lipinski definition) is 0. The van der Waals surface area contributed by atoms with Crippen LogP contribution in [-0.4, -0.2) is 23.5 Å². The Kier molecular flexibility index (Phi) is 3.74. The summed E-state index contributed by atoms with van der Waals surface area (Å²) in [5, 5.41) is 0. The summed E-state index contributed by atoms with van der Waals surface area (Å²) in [6.07, 6.45) is 2.73. The molecule has 0 amide bonds. The van der Waals surface area contributed by atoms with Crippen molar-refractivity contribution in [2.24, 2.45) is 4.99 Å². The fraction of sp³-hybridized carbons (Fsp3) is 0.333. The lowest BCUT2D eigenvalue weighted by Gasteiger charge is -2.22. The van der Waals surface area contributed by atoms with E-state index in [4.69, 9.17) is 9.73 Å². The topological polar surface area (TPSA) is 34.5 Å². The smallest absolute Gasteiger partial charge is 0.195 e. The Hall–Kier alpha value is -2.16. The molecule has 0 radical (unpaired) electrons. The van der Waals surface area contributed by atoms with E-state index in [1.165, 1.54) is 5.56 Å². The van der Waals surface area contributed by atoms with E-state index >= 15 is 0 Å². The van der Waals surface area contributed by atoms with Crippen molar-refractivity contribution in [3.05, 3.63) is 66.0 Å². The minimum Gasteiger partial charge on any atom is -0.478 e. The molecule has 1 unspecified atom stereocenters. The molecule has 0 aliphatic carbocycles. The van der Waals surface area contributed by atoms with Crippen molar-refractivity contribution < 1.29 is 4.74 Å². The number of nitrogens with zero attached hydrogens (tertiary/aromatic N) is 2. The number of ether oxygens (including phenoxy) is 1. The number of benzene rings is 1. The van der Waals surface area contributed by atoms with Gasteiger partial charge in [-0.25, -0.2) is 4.99 Å². The lowest BCUT2D eigenvalue weighted by Crippen LogP contribution is -2.30. The van der Waals surface area contributed by atoms with Gasteiger partial charge < -0.3 is 4.74 Å². The second-order valence-corrected chi connectivity index (χ2v) is 5.93. The summed E-state index contributed by atoms with van der Waals surface area (Å²) in [5.74, 6) is 0.794. The van der Waals surface area contributed by atoms with E-state index in [1.807, 2.05) is 30.5 Å². The van der Waals surface area contributed by atoms with Gasteiger partial charge in [0, 0.05) is 6.20 Å². The van der Waals surface area contributed by atoms with Crippen LogP contribution in [0.5, 0.6) is 0 Å². The fourth-order valence-corrected chi connectivity index (χ4v) is 2.59. The molecule has 3 rings (SSSR count). The average molecular weight is 280 g/mol. The molecule has 0 saturated heterocycles. The molecular weight excluding hydrogens is 260 g/mol. The quantitative estimate of drug-likeness (QED) is 0.860.